The molecule has 120 valence electrons. The van der Waals surface area contributed by atoms with Gasteiger partial charge in [0.15, 0.2) is 0 Å². The van der Waals surface area contributed by atoms with Crippen LogP contribution in [0.15, 0.2) is 61.2 Å². The van der Waals surface area contributed by atoms with Gasteiger partial charge in [-0.15, -0.1) is 0 Å². The third-order valence-electron chi connectivity index (χ3n) is 4.12. The van der Waals surface area contributed by atoms with Crippen LogP contribution in [0.2, 0.25) is 0 Å². The van der Waals surface area contributed by atoms with Crippen LogP contribution in [0.3, 0.4) is 0 Å². The van der Waals surface area contributed by atoms with Crippen molar-refractivity contribution < 1.29 is 4.79 Å². The van der Waals surface area contributed by atoms with E-state index in [2.05, 4.69) is 41.3 Å². The molecular formula is C20H19N3O. The first-order valence-electron chi connectivity index (χ1n) is 7.84. The number of benzene rings is 1. The predicted octanol–water partition coefficient (Wildman–Crippen LogP) is 3.69. The zero-order valence-corrected chi connectivity index (χ0v) is 13.8. The second-order valence-electron chi connectivity index (χ2n) is 5.75. The molecule has 2 aromatic heterocycles. The number of nitrogens with one attached hydrogen (secondary N) is 1. The van der Waals surface area contributed by atoms with Crippen LogP contribution in [0.5, 0.6) is 0 Å². The Morgan fingerprint density at radius 1 is 1.04 bits per heavy atom. The zero-order chi connectivity index (χ0) is 16.9. The van der Waals surface area contributed by atoms with Gasteiger partial charge in [-0.05, 0) is 54.3 Å². The van der Waals surface area contributed by atoms with Gasteiger partial charge in [-0.2, -0.15) is 0 Å². The van der Waals surface area contributed by atoms with E-state index < -0.39 is 0 Å². The summed E-state index contributed by atoms with van der Waals surface area (Å²) in [7, 11) is 0. The second-order valence-corrected chi connectivity index (χ2v) is 5.75. The highest BCUT2D eigenvalue weighted by Gasteiger charge is 2.10. The Balaban J connectivity index is 1.80. The molecule has 3 rings (SSSR count). The van der Waals surface area contributed by atoms with E-state index in [1.807, 2.05) is 24.3 Å². The summed E-state index contributed by atoms with van der Waals surface area (Å²) in [5.41, 5.74) is 6.05. The van der Waals surface area contributed by atoms with Crippen LogP contribution >= 0.6 is 0 Å². The van der Waals surface area contributed by atoms with Gasteiger partial charge in [0.1, 0.15) is 0 Å². The molecule has 4 nitrogen and oxygen atoms in total. The van der Waals surface area contributed by atoms with Crippen molar-refractivity contribution in [1.82, 2.24) is 15.3 Å². The van der Waals surface area contributed by atoms with Crippen molar-refractivity contribution in [3.8, 4) is 11.1 Å². The molecule has 0 unspecified atom stereocenters. The molecule has 3 aromatic rings. The van der Waals surface area contributed by atoms with Gasteiger partial charge in [0.2, 0.25) is 0 Å². The Bertz CT molecular complexity index is 860. The summed E-state index contributed by atoms with van der Waals surface area (Å²) in [5.74, 6) is -0.133. The lowest BCUT2D eigenvalue weighted by Gasteiger charge is -2.10. The maximum atomic E-state index is 12.4. The van der Waals surface area contributed by atoms with Gasteiger partial charge in [0, 0.05) is 36.9 Å². The summed E-state index contributed by atoms with van der Waals surface area (Å²) in [6, 6.07) is 11.8. The molecule has 0 atom stereocenters. The molecule has 1 N–H and O–H groups in total. The third-order valence-corrected chi connectivity index (χ3v) is 4.12. The molecule has 0 aliphatic carbocycles. The van der Waals surface area contributed by atoms with E-state index in [1.165, 1.54) is 11.1 Å². The van der Waals surface area contributed by atoms with Crippen molar-refractivity contribution in [3.63, 3.8) is 0 Å². The topological polar surface area (TPSA) is 54.9 Å². The lowest BCUT2D eigenvalue weighted by Crippen LogP contribution is -2.22. The number of aryl methyl sites for hydroxylation is 1. The zero-order valence-electron chi connectivity index (χ0n) is 13.8. The first kappa shape index (κ1) is 15.9. The van der Waals surface area contributed by atoms with Crippen molar-refractivity contribution in [2.45, 2.75) is 20.4 Å². The minimum Gasteiger partial charge on any atom is -0.348 e. The Morgan fingerprint density at radius 3 is 2.62 bits per heavy atom. The van der Waals surface area contributed by atoms with Gasteiger partial charge in [-0.3, -0.25) is 14.8 Å². The van der Waals surface area contributed by atoms with E-state index in [1.54, 1.807) is 24.8 Å². The molecule has 0 bridgehead atoms. The highest BCUT2D eigenvalue weighted by atomic mass is 16.1. The summed E-state index contributed by atoms with van der Waals surface area (Å²) < 4.78 is 0. The molecule has 24 heavy (non-hydrogen) atoms. The van der Waals surface area contributed by atoms with Crippen LogP contribution in [-0.2, 0) is 6.54 Å². The van der Waals surface area contributed by atoms with E-state index in [9.17, 15) is 4.79 Å². The molecule has 2 heterocycles. The number of pyridine rings is 2. The van der Waals surface area contributed by atoms with Crippen molar-refractivity contribution in [3.05, 3.63) is 83.4 Å². The van der Waals surface area contributed by atoms with Crippen molar-refractivity contribution >= 4 is 5.91 Å². The lowest BCUT2D eigenvalue weighted by atomic mass is 9.97. The van der Waals surface area contributed by atoms with Crippen LogP contribution in [0.4, 0.5) is 0 Å². The van der Waals surface area contributed by atoms with Crippen LogP contribution < -0.4 is 5.32 Å². The number of carbonyl (C=O) groups is 1. The van der Waals surface area contributed by atoms with E-state index >= 15 is 0 Å². The average Bonchev–Trinajstić information content (AvgIpc) is 2.63. The van der Waals surface area contributed by atoms with Crippen LogP contribution in [0.25, 0.3) is 11.1 Å². The van der Waals surface area contributed by atoms with Gasteiger partial charge in [-0.25, -0.2) is 0 Å². The van der Waals surface area contributed by atoms with E-state index in [0.29, 0.717) is 12.1 Å². The maximum Gasteiger partial charge on any atom is 0.253 e. The summed E-state index contributed by atoms with van der Waals surface area (Å²) in [6.07, 6.45) is 6.81. The number of nitrogens with zero attached hydrogens (tertiary/aromatic N) is 2. The first-order valence-corrected chi connectivity index (χ1v) is 7.84. The Morgan fingerprint density at radius 2 is 1.83 bits per heavy atom. The second kappa shape index (κ2) is 7.04. The largest absolute Gasteiger partial charge is 0.348 e. The molecule has 1 aromatic carbocycles. The molecule has 1 amide bonds. The van der Waals surface area contributed by atoms with E-state index in [0.717, 1.165) is 16.7 Å². The normalized spacial score (nSPS) is 10.4. The lowest BCUT2D eigenvalue weighted by molar-refractivity contribution is 0.0950. The third kappa shape index (κ3) is 3.49. The fraction of sp³-hybridized carbons (Fsp3) is 0.150. The summed E-state index contributed by atoms with van der Waals surface area (Å²) >= 11 is 0. The Kier molecular flexibility index (Phi) is 4.66. The first-order chi connectivity index (χ1) is 11.6. The SMILES string of the molecule is Cc1cccc(-c2cncc(C(=O)NCc3ccncc3)c2)c1C. The summed E-state index contributed by atoms with van der Waals surface area (Å²) in [6.45, 7) is 4.63. The summed E-state index contributed by atoms with van der Waals surface area (Å²) in [5, 5.41) is 2.91. The number of carbonyl (C=O) groups excluding carboxylic acids is 1. The molecule has 0 saturated heterocycles. The fourth-order valence-corrected chi connectivity index (χ4v) is 2.56. The standard InChI is InChI=1S/C20H19N3O/c1-14-4-3-5-19(15(14)2)17-10-18(13-22-12-17)20(24)23-11-16-6-8-21-9-7-16/h3-10,12-13H,11H2,1-2H3,(H,23,24). The number of rotatable bonds is 4. The van der Waals surface area contributed by atoms with Crippen molar-refractivity contribution in [1.29, 1.82) is 0 Å². The Hall–Kier alpha value is -3.01. The molecule has 0 aliphatic heterocycles. The molecular weight excluding hydrogens is 298 g/mol. The number of amides is 1. The molecule has 4 heteroatoms. The van der Waals surface area contributed by atoms with Gasteiger partial charge in [-0.1, -0.05) is 18.2 Å². The molecule has 0 spiro atoms. The van der Waals surface area contributed by atoms with E-state index in [-0.39, 0.29) is 5.91 Å². The van der Waals surface area contributed by atoms with Gasteiger partial charge >= 0.3 is 0 Å². The highest BCUT2D eigenvalue weighted by molar-refractivity contribution is 5.95. The van der Waals surface area contributed by atoms with Gasteiger partial charge in [0.05, 0.1) is 5.56 Å². The van der Waals surface area contributed by atoms with Gasteiger partial charge in [0.25, 0.3) is 5.91 Å². The quantitative estimate of drug-likeness (QED) is 0.798. The van der Waals surface area contributed by atoms with Crippen LogP contribution in [0.1, 0.15) is 27.0 Å². The molecule has 0 fully saturated rings. The minimum atomic E-state index is -0.133. The van der Waals surface area contributed by atoms with Crippen molar-refractivity contribution in [2.24, 2.45) is 0 Å². The molecule has 0 aliphatic rings. The van der Waals surface area contributed by atoms with E-state index in [4.69, 9.17) is 0 Å². The monoisotopic (exact) mass is 317 g/mol. The predicted molar refractivity (Wildman–Crippen MR) is 94.6 cm³/mol. The fourth-order valence-electron chi connectivity index (χ4n) is 2.56. The van der Waals surface area contributed by atoms with Crippen LogP contribution in [-0.4, -0.2) is 15.9 Å². The number of aromatic nitrogens is 2. The smallest absolute Gasteiger partial charge is 0.253 e. The molecule has 0 saturated carbocycles. The highest BCUT2D eigenvalue weighted by Crippen LogP contribution is 2.25. The Labute approximate surface area is 141 Å². The average molecular weight is 317 g/mol. The maximum absolute atomic E-state index is 12.4. The van der Waals surface area contributed by atoms with Gasteiger partial charge < -0.3 is 5.32 Å². The summed E-state index contributed by atoms with van der Waals surface area (Å²) in [4.78, 5) is 20.6. The number of hydrogen-bond acceptors (Lipinski definition) is 3. The molecule has 0 radical (unpaired) electrons. The van der Waals surface area contributed by atoms with Crippen LogP contribution in [0, 0.1) is 13.8 Å². The number of hydrogen-bond donors (Lipinski definition) is 1. The van der Waals surface area contributed by atoms with Crippen molar-refractivity contribution in [2.75, 3.05) is 0 Å². The minimum absolute atomic E-state index is 0.133.